The molecule has 0 N–H and O–H groups in total. The van der Waals surface area contributed by atoms with Crippen LogP contribution in [-0.4, -0.2) is 23.9 Å². The number of hydrogen-bond donors (Lipinski definition) is 0. The van der Waals surface area contributed by atoms with E-state index in [0.29, 0.717) is 16.0 Å². The zero-order valence-corrected chi connectivity index (χ0v) is 13.8. The first kappa shape index (κ1) is 14.4. The van der Waals surface area contributed by atoms with E-state index in [1.54, 1.807) is 0 Å². The molecule has 20 heavy (non-hydrogen) atoms. The van der Waals surface area contributed by atoms with Crippen LogP contribution in [0, 0.1) is 5.41 Å². The second-order valence-electron chi connectivity index (χ2n) is 6.10. The molecule has 4 heteroatoms. The highest BCUT2D eigenvalue weighted by molar-refractivity contribution is 9.10. The van der Waals surface area contributed by atoms with Crippen LogP contribution in [0.4, 0.5) is 0 Å². The molecular formula is C16H19BrClNO. The zero-order valence-electron chi connectivity index (χ0n) is 11.5. The van der Waals surface area contributed by atoms with Gasteiger partial charge in [-0.15, -0.1) is 0 Å². The summed E-state index contributed by atoms with van der Waals surface area (Å²) in [4.78, 5) is 14.6. The Kier molecular flexibility index (Phi) is 4.09. The van der Waals surface area contributed by atoms with E-state index in [2.05, 4.69) is 15.9 Å². The van der Waals surface area contributed by atoms with E-state index in [1.165, 1.54) is 25.7 Å². The SMILES string of the molecule is O=C(c1cccc(Br)c1Cl)N1CCC2(CCCC2)CC1. The van der Waals surface area contributed by atoms with Gasteiger partial charge in [-0.25, -0.2) is 0 Å². The number of halogens is 2. The normalized spacial score (nSPS) is 21.4. The maximum atomic E-state index is 12.6. The maximum Gasteiger partial charge on any atom is 0.255 e. The molecular weight excluding hydrogens is 338 g/mol. The minimum absolute atomic E-state index is 0.0733. The van der Waals surface area contributed by atoms with Crippen LogP contribution in [0.15, 0.2) is 22.7 Å². The van der Waals surface area contributed by atoms with Crippen LogP contribution in [0.2, 0.25) is 5.02 Å². The number of carbonyl (C=O) groups is 1. The Hall–Kier alpha value is -0.540. The highest BCUT2D eigenvalue weighted by Gasteiger charge is 2.38. The van der Waals surface area contributed by atoms with Crippen molar-refractivity contribution in [2.75, 3.05) is 13.1 Å². The minimum atomic E-state index is 0.0733. The molecule has 108 valence electrons. The maximum absolute atomic E-state index is 12.6. The van der Waals surface area contributed by atoms with Gasteiger partial charge in [-0.05, 0) is 59.2 Å². The van der Waals surface area contributed by atoms with Gasteiger partial charge in [0.05, 0.1) is 10.6 Å². The fourth-order valence-electron chi connectivity index (χ4n) is 3.65. The Morgan fingerprint density at radius 1 is 1.15 bits per heavy atom. The highest BCUT2D eigenvalue weighted by Crippen LogP contribution is 2.46. The van der Waals surface area contributed by atoms with Gasteiger partial charge in [0, 0.05) is 17.6 Å². The van der Waals surface area contributed by atoms with Crippen molar-refractivity contribution in [1.82, 2.24) is 4.90 Å². The molecule has 2 fully saturated rings. The Labute approximate surface area is 133 Å². The number of piperidine rings is 1. The molecule has 0 atom stereocenters. The van der Waals surface area contributed by atoms with E-state index in [9.17, 15) is 4.79 Å². The molecule has 1 aromatic carbocycles. The Bertz CT molecular complexity index is 515. The van der Waals surface area contributed by atoms with Crippen LogP contribution in [0.5, 0.6) is 0 Å². The molecule has 0 unspecified atom stereocenters. The van der Waals surface area contributed by atoms with Gasteiger partial charge in [-0.2, -0.15) is 0 Å². The molecule has 2 aliphatic rings. The molecule has 1 saturated heterocycles. The van der Waals surface area contributed by atoms with Crippen molar-refractivity contribution in [2.45, 2.75) is 38.5 Å². The first-order chi connectivity index (χ1) is 9.61. The lowest BCUT2D eigenvalue weighted by Crippen LogP contribution is -2.42. The van der Waals surface area contributed by atoms with Crippen molar-refractivity contribution in [3.8, 4) is 0 Å². The fourth-order valence-corrected chi connectivity index (χ4v) is 4.22. The van der Waals surface area contributed by atoms with E-state index in [1.807, 2.05) is 23.1 Å². The molecule has 2 nitrogen and oxygen atoms in total. The Morgan fingerprint density at radius 3 is 2.45 bits per heavy atom. The summed E-state index contributed by atoms with van der Waals surface area (Å²) in [6.07, 6.45) is 7.75. The zero-order chi connectivity index (χ0) is 14.2. The van der Waals surface area contributed by atoms with Crippen LogP contribution in [0.1, 0.15) is 48.9 Å². The number of rotatable bonds is 1. The first-order valence-corrected chi connectivity index (χ1v) is 8.52. The van der Waals surface area contributed by atoms with Crippen molar-refractivity contribution in [2.24, 2.45) is 5.41 Å². The lowest BCUT2D eigenvalue weighted by atomic mass is 9.77. The molecule has 0 aromatic heterocycles. The van der Waals surface area contributed by atoms with Gasteiger partial charge < -0.3 is 4.90 Å². The number of benzene rings is 1. The van der Waals surface area contributed by atoms with Gasteiger partial charge in [0.1, 0.15) is 0 Å². The molecule has 1 aliphatic heterocycles. The van der Waals surface area contributed by atoms with E-state index in [-0.39, 0.29) is 5.91 Å². The monoisotopic (exact) mass is 355 g/mol. The second kappa shape index (κ2) is 5.69. The second-order valence-corrected chi connectivity index (χ2v) is 7.33. The molecule has 0 bridgehead atoms. The summed E-state index contributed by atoms with van der Waals surface area (Å²) in [6.45, 7) is 1.75. The first-order valence-electron chi connectivity index (χ1n) is 7.35. The van der Waals surface area contributed by atoms with Gasteiger partial charge in [0.25, 0.3) is 5.91 Å². The van der Waals surface area contributed by atoms with Crippen LogP contribution in [-0.2, 0) is 0 Å². The lowest BCUT2D eigenvalue weighted by Gasteiger charge is -2.39. The lowest BCUT2D eigenvalue weighted by molar-refractivity contribution is 0.0587. The van der Waals surface area contributed by atoms with Crippen molar-refractivity contribution in [1.29, 1.82) is 0 Å². The number of carbonyl (C=O) groups excluding carboxylic acids is 1. The molecule has 0 radical (unpaired) electrons. The predicted molar refractivity (Wildman–Crippen MR) is 85.2 cm³/mol. The van der Waals surface area contributed by atoms with Crippen molar-refractivity contribution >= 4 is 33.4 Å². The van der Waals surface area contributed by atoms with Gasteiger partial charge in [-0.3, -0.25) is 4.79 Å². The predicted octanol–water partition coefficient (Wildman–Crippen LogP) is 4.90. The van der Waals surface area contributed by atoms with Crippen molar-refractivity contribution in [3.05, 3.63) is 33.3 Å². The van der Waals surface area contributed by atoms with E-state index < -0.39 is 0 Å². The van der Waals surface area contributed by atoms with Gasteiger partial charge in [0.15, 0.2) is 0 Å². The molecule has 1 spiro atoms. The van der Waals surface area contributed by atoms with Crippen LogP contribution >= 0.6 is 27.5 Å². The molecule has 1 aromatic rings. The molecule has 3 rings (SSSR count). The van der Waals surface area contributed by atoms with E-state index >= 15 is 0 Å². The third-order valence-electron chi connectivity index (χ3n) is 4.96. The Morgan fingerprint density at radius 2 is 1.80 bits per heavy atom. The summed E-state index contributed by atoms with van der Waals surface area (Å²) in [6, 6.07) is 5.55. The fraction of sp³-hybridized carbons (Fsp3) is 0.562. The molecule has 1 aliphatic carbocycles. The number of hydrogen-bond acceptors (Lipinski definition) is 1. The van der Waals surface area contributed by atoms with Crippen LogP contribution < -0.4 is 0 Å². The minimum Gasteiger partial charge on any atom is -0.339 e. The summed E-state index contributed by atoms with van der Waals surface area (Å²) < 4.78 is 0.786. The standard InChI is InChI=1S/C16H19BrClNO/c17-13-5-3-4-12(14(13)18)15(20)19-10-8-16(9-11-19)6-1-2-7-16/h3-5H,1-2,6-11H2. The Balaban J connectivity index is 1.71. The average Bonchev–Trinajstić information content (AvgIpc) is 2.90. The van der Waals surface area contributed by atoms with Gasteiger partial charge in [-0.1, -0.05) is 30.5 Å². The van der Waals surface area contributed by atoms with Crippen molar-refractivity contribution < 1.29 is 4.79 Å². The summed E-state index contributed by atoms with van der Waals surface area (Å²) in [5.74, 6) is 0.0733. The third-order valence-corrected chi connectivity index (χ3v) is 6.25. The largest absolute Gasteiger partial charge is 0.339 e. The quantitative estimate of drug-likeness (QED) is 0.701. The van der Waals surface area contributed by atoms with Crippen LogP contribution in [0.3, 0.4) is 0 Å². The summed E-state index contributed by atoms with van der Waals surface area (Å²) in [7, 11) is 0. The van der Waals surface area contributed by atoms with Crippen LogP contribution in [0.25, 0.3) is 0 Å². The molecule has 1 heterocycles. The number of likely N-dealkylation sites (tertiary alicyclic amines) is 1. The average molecular weight is 357 g/mol. The molecule has 1 amide bonds. The number of nitrogens with zero attached hydrogens (tertiary/aromatic N) is 1. The van der Waals surface area contributed by atoms with Gasteiger partial charge in [0.2, 0.25) is 0 Å². The summed E-state index contributed by atoms with van der Waals surface area (Å²) in [5.41, 5.74) is 1.15. The topological polar surface area (TPSA) is 20.3 Å². The summed E-state index contributed by atoms with van der Waals surface area (Å²) >= 11 is 9.62. The third kappa shape index (κ3) is 2.62. The smallest absolute Gasteiger partial charge is 0.255 e. The number of amides is 1. The summed E-state index contributed by atoms with van der Waals surface area (Å²) in [5, 5.41) is 0.527. The highest BCUT2D eigenvalue weighted by atomic mass is 79.9. The van der Waals surface area contributed by atoms with Crippen molar-refractivity contribution in [3.63, 3.8) is 0 Å². The van der Waals surface area contributed by atoms with E-state index in [0.717, 1.165) is 30.4 Å². The van der Waals surface area contributed by atoms with E-state index in [4.69, 9.17) is 11.6 Å². The van der Waals surface area contributed by atoms with Gasteiger partial charge >= 0.3 is 0 Å². The molecule has 1 saturated carbocycles.